The summed E-state index contributed by atoms with van der Waals surface area (Å²) >= 11 is 3.45. The Bertz CT molecular complexity index is 7380. The topological polar surface area (TPSA) is 155 Å². The molecule has 0 bridgehead atoms. The summed E-state index contributed by atoms with van der Waals surface area (Å²) in [6, 6.07) is 117. The maximum absolute atomic E-state index is 6.92. The molecule has 0 atom stereocenters. The first-order chi connectivity index (χ1) is 55.4. The van der Waals surface area contributed by atoms with Gasteiger partial charge in [-0.05, 0) is 82.4 Å². The number of nitrogens with zero attached hydrogens (tertiary/aromatic N) is 10. The normalized spacial score (nSPS) is 11.8. The van der Waals surface area contributed by atoms with Crippen molar-refractivity contribution in [3.8, 4) is 147 Å². The molecule has 8 heterocycles. The number of para-hydroxylation sites is 2. The first-order valence-corrected chi connectivity index (χ1v) is 38.5. The van der Waals surface area contributed by atoms with Crippen LogP contribution in [0.2, 0.25) is 0 Å². The zero-order valence-electron chi connectivity index (χ0n) is 59.4. The molecule has 522 valence electrons. The van der Waals surface area contributed by atoms with Crippen LogP contribution in [0.1, 0.15) is 0 Å². The third-order valence-corrected chi connectivity index (χ3v) is 23.2. The van der Waals surface area contributed by atoms with Gasteiger partial charge in [0.15, 0.2) is 46.6 Å². The first kappa shape index (κ1) is 64.5. The van der Waals surface area contributed by atoms with Gasteiger partial charge in [0.2, 0.25) is 0 Å². The van der Waals surface area contributed by atoms with Gasteiger partial charge in [0, 0.05) is 97.4 Å². The fraction of sp³-hybridized carbons (Fsp3) is 0. The molecule has 0 unspecified atom stereocenters. The Morgan fingerprint density at radius 1 is 0.196 bits per heavy atom. The van der Waals surface area contributed by atoms with Crippen molar-refractivity contribution in [2.45, 2.75) is 0 Å². The molecular formula is C98H56N10O2S2. The van der Waals surface area contributed by atoms with Crippen LogP contribution in [0.5, 0.6) is 0 Å². The monoisotopic (exact) mass is 1470 g/mol. The second-order valence-electron chi connectivity index (χ2n) is 27.7. The summed E-state index contributed by atoms with van der Waals surface area (Å²) in [6.45, 7) is 0. The van der Waals surface area contributed by atoms with Gasteiger partial charge >= 0.3 is 0 Å². The van der Waals surface area contributed by atoms with E-state index >= 15 is 0 Å². The molecule has 22 aromatic rings. The lowest BCUT2D eigenvalue weighted by Gasteiger charge is -2.10. The highest BCUT2D eigenvalue weighted by atomic mass is 32.1. The van der Waals surface area contributed by atoms with Crippen LogP contribution in [0.3, 0.4) is 0 Å². The lowest BCUT2D eigenvalue weighted by molar-refractivity contribution is 0.669. The van der Waals surface area contributed by atoms with Gasteiger partial charge in [0.25, 0.3) is 0 Å². The van der Waals surface area contributed by atoms with Gasteiger partial charge < -0.3 is 8.83 Å². The Morgan fingerprint density at radius 3 is 1.18 bits per heavy atom. The summed E-state index contributed by atoms with van der Waals surface area (Å²) in [5.74, 6) is 4.71. The highest BCUT2D eigenvalue weighted by Gasteiger charge is 2.25. The third kappa shape index (κ3) is 11.3. The highest BCUT2D eigenvalue weighted by Crippen LogP contribution is 2.47. The van der Waals surface area contributed by atoms with Crippen LogP contribution < -0.4 is 0 Å². The summed E-state index contributed by atoms with van der Waals surface area (Å²) in [6.07, 6.45) is 0. The Morgan fingerprint density at radius 2 is 0.580 bits per heavy atom. The van der Waals surface area contributed by atoms with Gasteiger partial charge in [0.1, 0.15) is 22.3 Å². The van der Waals surface area contributed by atoms with Crippen molar-refractivity contribution in [3.05, 3.63) is 340 Å². The predicted molar refractivity (Wildman–Crippen MR) is 455 cm³/mol. The van der Waals surface area contributed by atoms with Crippen LogP contribution in [-0.2, 0) is 0 Å². The number of aromatic nitrogens is 10. The van der Waals surface area contributed by atoms with Gasteiger partial charge in [-0.1, -0.05) is 285 Å². The minimum Gasteiger partial charge on any atom is -0.455 e. The number of hydrogen-bond donors (Lipinski definition) is 0. The SMILES string of the molecule is c1ccc(-c2nc(-c3ccccc3)nc(-c3ccc4c(c3)oc3c(-c5cccc(-c6nc(-c7ccc(-c8ccc9sc%10c(-c%11ccccc%11)nc(-c%11cccc(-c%12cccc%13oc%14c(-c%15nc(-c%16ccccc%16)nc(-c%16ccccc%16)n%15)cccc%14c%12%13)c%11)nc%10c9c8)cc7)c7sc8ccccc8c7n6)c5)cccc34)n2)cc1. The summed E-state index contributed by atoms with van der Waals surface area (Å²) in [5.41, 5.74) is 21.6. The minimum absolute atomic E-state index is 0.526. The van der Waals surface area contributed by atoms with Crippen LogP contribution in [0, 0.1) is 0 Å². The smallest absolute Gasteiger partial charge is 0.167 e. The van der Waals surface area contributed by atoms with E-state index in [0.717, 1.165) is 179 Å². The molecule has 0 N–H and O–H groups in total. The van der Waals surface area contributed by atoms with E-state index in [9.17, 15) is 0 Å². The number of furan rings is 2. The van der Waals surface area contributed by atoms with Gasteiger partial charge in [0.05, 0.1) is 37.4 Å². The average molecular weight is 1470 g/mol. The molecule has 0 saturated heterocycles. The van der Waals surface area contributed by atoms with Crippen molar-refractivity contribution < 1.29 is 8.83 Å². The highest BCUT2D eigenvalue weighted by molar-refractivity contribution is 7.26. The third-order valence-electron chi connectivity index (χ3n) is 20.9. The van der Waals surface area contributed by atoms with Gasteiger partial charge in [-0.3, -0.25) is 0 Å². The van der Waals surface area contributed by atoms with Crippen molar-refractivity contribution in [2.24, 2.45) is 0 Å². The number of fused-ring (bicyclic) bond motifs is 12. The fourth-order valence-corrected chi connectivity index (χ4v) is 17.7. The molecule has 14 heteroatoms. The number of rotatable bonds is 13. The van der Waals surface area contributed by atoms with E-state index in [1.807, 2.05) is 146 Å². The van der Waals surface area contributed by atoms with Gasteiger partial charge in [-0.2, -0.15) is 0 Å². The molecule has 22 rings (SSSR count). The van der Waals surface area contributed by atoms with E-state index in [1.165, 1.54) is 0 Å². The molecule has 0 aliphatic rings. The van der Waals surface area contributed by atoms with Gasteiger partial charge in [-0.25, -0.2) is 49.8 Å². The molecule has 0 aliphatic carbocycles. The molecule has 0 fully saturated rings. The molecule has 0 amide bonds. The van der Waals surface area contributed by atoms with E-state index in [-0.39, 0.29) is 0 Å². The molecule has 0 aliphatic heterocycles. The van der Waals surface area contributed by atoms with Gasteiger partial charge in [-0.15, -0.1) is 22.7 Å². The maximum Gasteiger partial charge on any atom is 0.167 e. The second kappa shape index (κ2) is 26.6. The van der Waals surface area contributed by atoms with Crippen molar-refractivity contribution >= 4 is 107 Å². The van der Waals surface area contributed by atoms with Crippen molar-refractivity contribution in [1.29, 1.82) is 0 Å². The summed E-state index contributed by atoms with van der Waals surface area (Å²) in [4.78, 5) is 52.1. The van der Waals surface area contributed by atoms with Crippen molar-refractivity contribution in [3.63, 3.8) is 0 Å². The largest absolute Gasteiger partial charge is 0.455 e. The van der Waals surface area contributed by atoms with Crippen LogP contribution in [0.4, 0.5) is 0 Å². The van der Waals surface area contributed by atoms with E-state index in [4.69, 9.17) is 58.7 Å². The molecule has 0 radical (unpaired) electrons. The first-order valence-electron chi connectivity index (χ1n) is 36.9. The average Bonchev–Trinajstić information content (AvgIpc) is 1.48. The van der Waals surface area contributed by atoms with Crippen LogP contribution >= 0.6 is 22.7 Å². The summed E-state index contributed by atoms with van der Waals surface area (Å²) in [5, 5.41) is 6.08. The fourth-order valence-electron chi connectivity index (χ4n) is 15.4. The Kier molecular flexibility index (Phi) is 15.3. The quantitative estimate of drug-likeness (QED) is 0.108. The zero-order chi connectivity index (χ0) is 73.7. The minimum atomic E-state index is 0.526. The van der Waals surface area contributed by atoms with Crippen LogP contribution in [0.15, 0.2) is 349 Å². The molecule has 112 heavy (non-hydrogen) atoms. The Labute approximate surface area is 648 Å². The van der Waals surface area contributed by atoms with E-state index in [2.05, 4.69) is 194 Å². The second-order valence-corrected chi connectivity index (χ2v) is 29.8. The number of hydrogen-bond acceptors (Lipinski definition) is 14. The number of benzene rings is 14. The van der Waals surface area contributed by atoms with E-state index in [1.54, 1.807) is 22.7 Å². The molecule has 12 nitrogen and oxygen atoms in total. The molecular weight excluding hydrogens is 1410 g/mol. The standard InChI is InChI=1S/C98H56N10O2S2/c1-6-23-58(24-7-1)83-90-86(102-96(99-83)67-35-18-33-65(53-67)70-38-22-43-78-82(70)75-41-21-42-76(88(75)109-78)98-107-93(62-29-12-4-13-30-62)104-94(108-98)63-31-14-5-15-32-63)77-55-64(50-52-81(77)112-90)57-45-47-59(48-46-57)84-89-85(74-37-16-17-44-80(74)111-89)101-95(100-84)68-36-19-34-66(54-68)71-39-20-40-73-72-51-49-69(56-79(72)110-87(71)73)97-105-91(60-25-8-2-9-26-60)103-92(106-97)61-27-10-3-11-28-61/h1-56H. The summed E-state index contributed by atoms with van der Waals surface area (Å²) < 4.78 is 18.1. The zero-order valence-corrected chi connectivity index (χ0v) is 61.1. The molecule has 8 aromatic heterocycles. The van der Waals surface area contributed by atoms with Crippen molar-refractivity contribution in [2.75, 3.05) is 0 Å². The van der Waals surface area contributed by atoms with Crippen molar-refractivity contribution in [1.82, 2.24) is 49.8 Å². The lowest BCUT2D eigenvalue weighted by atomic mass is 9.97. The Balaban J connectivity index is 0.602. The van der Waals surface area contributed by atoms with Crippen LogP contribution in [0.25, 0.3) is 231 Å². The lowest BCUT2D eigenvalue weighted by Crippen LogP contribution is -2.00. The Hall–Kier alpha value is -14.7. The van der Waals surface area contributed by atoms with Crippen LogP contribution in [-0.4, -0.2) is 49.8 Å². The number of thiophene rings is 2. The predicted octanol–water partition coefficient (Wildman–Crippen LogP) is 25.8. The van der Waals surface area contributed by atoms with E-state index < -0.39 is 0 Å². The van der Waals surface area contributed by atoms with E-state index in [0.29, 0.717) is 52.2 Å². The molecule has 0 spiro atoms. The molecule has 0 saturated carbocycles. The summed E-state index contributed by atoms with van der Waals surface area (Å²) in [7, 11) is 0. The molecule has 14 aromatic carbocycles. The maximum atomic E-state index is 6.92.